The lowest BCUT2D eigenvalue weighted by Gasteiger charge is -2.32. The Kier molecular flexibility index (Phi) is 6.52. The number of carbonyl (C=O) groups is 1. The highest BCUT2D eigenvalue weighted by Gasteiger charge is 2.20. The minimum atomic E-state index is -0.226. The first-order chi connectivity index (χ1) is 8.17. The lowest BCUT2D eigenvalue weighted by molar-refractivity contribution is -0.120. The quantitative estimate of drug-likeness (QED) is 0.698. The summed E-state index contributed by atoms with van der Waals surface area (Å²) in [6, 6.07) is -0.165. The number of amides is 1. The Morgan fingerprint density at radius 2 is 2.29 bits per heavy atom. The SMILES string of the molecule is CCNC(CCN1CCCC(CC)C1)C(N)=O. The number of hydrogen-bond acceptors (Lipinski definition) is 3. The minimum absolute atomic E-state index is 0.165. The summed E-state index contributed by atoms with van der Waals surface area (Å²) in [5.74, 6) is 0.616. The first-order valence-electron chi connectivity index (χ1n) is 6.92. The normalized spacial score (nSPS) is 23.5. The highest BCUT2D eigenvalue weighted by Crippen LogP contribution is 2.19. The molecule has 100 valence electrons. The van der Waals surface area contributed by atoms with E-state index in [2.05, 4.69) is 17.1 Å². The molecular weight excluding hydrogens is 214 g/mol. The van der Waals surface area contributed by atoms with Crippen LogP contribution in [-0.2, 0) is 4.79 Å². The van der Waals surface area contributed by atoms with E-state index in [1.165, 1.54) is 32.4 Å². The number of rotatable bonds is 7. The number of carbonyl (C=O) groups excluding carboxylic acids is 1. The van der Waals surface area contributed by atoms with Crippen LogP contribution in [0.2, 0.25) is 0 Å². The number of likely N-dealkylation sites (N-methyl/N-ethyl adjacent to an activating group) is 1. The first-order valence-corrected chi connectivity index (χ1v) is 6.92. The van der Waals surface area contributed by atoms with Crippen molar-refractivity contribution in [2.24, 2.45) is 11.7 Å². The standard InChI is InChI=1S/C13H27N3O/c1-3-11-6-5-8-16(10-11)9-7-12(13(14)17)15-4-2/h11-12,15H,3-10H2,1-2H3,(H2,14,17). The molecule has 0 bridgehead atoms. The second-order valence-corrected chi connectivity index (χ2v) is 5.02. The largest absolute Gasteiger partial charge is 0.368 e. The summed E-state index contributed by atoms with van der Waals surface area (Å²) in [6.07, 6.45) is 4.75. The summed E-state index contributed by atoms with van der Waals surface area (Å²) >= 11 is 0. The average molecular weight is 241 g/mol. The maximum Gasteiger partial charge on any atom is 0.234 e. The summed E-state index contributed by atoms with van der Waals surface area (Å²) in [5.41, 5.74) is 5.37. The zero-order valence-electron chi connectivity index (χ0n) is 11.2. The van der Waals surface area contributed by atoms with Gasteiger partial charge in [0, 0.05) is 13.1 Å². The summed E-state index contributed by atoms with van der Waals surface area (Å²) in [6.45, 7) is 8.41. The molecule has 0 aromatic heterocycles. The Hall–Kier alpha value is -0.610. The summed E-state index contributed by atoms with van der Waals surface area (Å²) in [4.78, 5) is 13.7. The minimum Gasteiger partial charge on any atom is -0.368 e. The third kappa shape index (κ3) is 5.04. The molecule has 4 heteroatoms. The van der Waals surface area contributed by atoms with E-state index >= 15 is 0 Å². The third-order valence-electron chi connectivity index (χ3n) is 3.71. The Balaban J connectivity index is 2.30. The van der Waals surface area contributed by atoms with Gasteiger partial charge in [0.25, 0.3) is 0 Å². The number of nitrogens with zero attached hydrogens (tertiary/aromatic N) is 1. The van der Waals surface area contributed by atoms with Gasteiger partial charge in [-0.25, -0.2) is 0 Å². The van der Waals surface area contributed by atoms with Crippen molar-refractivity contribution in [3.8, 4) is 0 Å². The molecule has 1 fully saturated rings. The Bertz CT molecular complexity index is 233. The Labute approximate surface area is 105 Å². The fraction of sp³-hybridized carbons (Fsp3) is 0.923. The molecule has 2 unspecified atom stereocenters. The number of likely N-dealkylation sites (tertiary alicyclic amines) is 1. The molecule has 1 aliphatic rings. The van der Waals surface area contributed by atoms with Crippen LogP contribution in [0.4, 0.5) is 0 Å². The van der Waals surface area contributed by atoms with E-state index < -0.39 is 0 Å². The predicted molar refractivity (Wildman–Crippen MR) is 70.7 cm³/mol. The molecule has 0 radical (unpaired) electrons. The topological polar surface area (TPSA) is 58.4 Å². The van der Waals surface area contributed by atoms with E-state index in [1.54, 1.807) is 0 Å². The lowest BCUT2D eigenvalue weighted by Crippen LogP contribution is -2.45. The number of primary amides is 1. The van der Waals surface area contributed by atoms with Crippen LogP contribution in [-0.4, -0.2) is 43.0 Å². The molecule has 1 amide bonds. The summed E-state index contributed by atoms with van der Waals surface area (Å²) < 4.78 is 0. The van der Waals surface area contributed by atoms with Gasteiger partial charge < -0.3 is 16.0 Å². The smallest absolute Gasteiger partial charge is 0.234 e. The van der Waals surface area contributed by atoms with Gasteiger partial charge in [0.1, 0.15) is 0 Å². The molecule has 1 heterocycles. The fourth-order valence-corrected chi connectivity index (χ4v) is 2.59. The Morgan fingerprint density at radius 3 is 2.88 bits per heavy atom. The molecule has 0 spiro atoms. The van der Waals surface area contributed by atoms with E-state index in [0.29, 0.717) is 0 Å². The molecule has 1 saturated heterocycles. The first kappa shape index (κ1) is 14.5. The van der Waals surface area contributed by atoms with Gasteiger partial charge >= 0.3 is 0 Å². The number of nitrogens with two attached hydrogens (primary N) is 1. The zero-order chi connectivity index (χ0) is 12.7. The van der Waals surface area contributed by atoms with Crippen LogP contribution in [0.3, 0.4) is 0 Å². The van der Waals surface area contributed by atoms with Crippen molar-refractivity contribution in [3.05, 3.63) is 0 Å². The van der Waals surface area contributed by atoms with Crippen molar-refractivity contribution in [3.63, 3.8) is 0 Å². The van der Waals surface area contributed by atoms with Crippen molar-refractivity contribution in [1.82, 2.24) is 10.2 Å². The summed E-state index contributed by atoms with van der Waals surface area (Å²) in [7, 11) is 0. The van der Waals surface area contributed by atoms with Gasteiger partial charge in [0.2, 0.25) is 5.91 Å². The highest BCUT2D eigenvalue weighted by atomic mass is 16.1. The number of piperidine rings is 1. The predicted octanol–water partition coefficient (Wildman–Crippen LogP) is 0.962. The molecule has 0 aromatic carbocycles. The second kappa shape index (κ2) is 7.67. The third-order valence-corrected chi connectivity index (χ3v) is 3.71. The van der Waals surface area contributed by atoms with Crippen molar-refractivity contribution >= 4 is 5.91 Å². The van der Waals surface area contributed by atoms with E-state index in [1.807, 2.05) is 6.92 Å². The van der Waals surface area contributed by atoms with E-state index in [4.69, 9.17) is 5.73 Å². The number of nitrogens with one attached hydrogen (secondary N) is 1. The second-order valence-electron chi connectivity index (χ2n) is 5.02. The Morgan fingerprint density at radius 1 is 1.53 bits per heavy atom. The van der Waals surface area contributed by atoms with Crippen molar-refractivity contribution in [1.29, 1.82) is 0 Å². The molecule has 4 nitrogen and oxygen atoms in total. The van der Waals surface area contributed by atoms with E-state index in [0.717, 1.165) is 25.4 Å². The van der Waals surface area contributed by atoms with Gasteiger partial charge in [-0.1, -0.05) is 20.3 Å². The molecule has 17 heavy (non-hydrogen) atoms. The monoisotopic (exact) mass is 241 g/mol. The van der Waals surface area contributed by atoms with Crippen LogP contribution >= 0.6 is 0 Å². The van der Waals surface area contributed by atoms with Crippen molar-refractivity contribution in [2.75, 3.05) is 26.2 Å². The molecule has 0 saturated carbocycles. The van der Waals surface area contributed by atoms with Gasteiger partial charge in [0.15, 0.2) is 0 Å². The highest BCUT2D eigenvalue weighted by molar-refractivity contribution is 5.79. The van der Waals surface area contributed by atoms with Crippen LogP contribution in [0.25, 0.3) is 0 Å². The van der Waals surface area contributed by atoms with Gasteiger partial charge in [-0.05, 0) is 38.3 Å². The van der Waals surface area contributed by atoms with E-state index in [9.17, 15) is 4.79 Å². The maximum atomic E-state index is 11.2. The van der Waals surface area contributed by atoms with E-state index in [-0.39, 0.29) is 11.9 Å². The average Bonchev–Trinajstić information content (AvgIpc) is 2.34. The molecule has 2 atom stereocenters. The maximum absolute atomic E-state index is 11.2. The molecule has 0 aromatic rings. The molecule has 3 N–H and O–H groups in total. The van der Waals surface area contributed by atoms with Gasteiger partial charge in [-0.15, -0.1) is 0 Å². The number of hydrogen-bond donors (Lipinski definition) is 2. The van der Waals surface area contributed by atoms with Gasteiger partial charge in [-0.3, -0.25) is 4.79 Å². The van der Waals surface area contributed by atoms with Gasteiger partial charge in [0.05, 0.1) is 6.04 Å². The van der Waals surface area contributed by atoms with Crippen LogP contribution in [0.5, 0.6) is 0 Å². The molecule has 1 aliphatic heterocycles. The van der Waals surface area contributed by atoms with Crippen LogP contribution in [0.15, 0.2) is 0 Å². The molecule has 1 rings (SSSR count). The lowest BCUT2D eigenvalue weighted by atomic mass is 9.95. The van der Waals surface area contributed by atoms with Crippen LogP contribution < -0.4 is 11.1 Å². The zero-order valence-corrected chi connectivity index (χ0v) is 11.2. The summed E-state index contributed by atoms with van der Waals surface area (Å²) in [5, 5.41) is 3.15. The fourth-order valence-electron chi connectivity index (χ4n) is 2.59. The molecule has 0 aliphatic carbocycles. The van der Waals surface area contributed by atoms with Crippen molar-refractivity contribution in [2.45, 2.75) is 45.6 Å². The van der Waals surface area contributed by atoms with Crippen molar-refractivity contribution < 1.29 is 4.79 Å². The van der Waals surface area contributed by atoms with Crippen LogP contribution in [0, 0.1) is 5.92 Å². The van der Waals surface area contributed by atoms with Gasteiger partial charge in [-0.2, -0.15) is 0 Å². The molecular formula is C13H27N3O. The van der Waals surface area contributed by atoms with Crippen LogP contribution in [0.1, 0.15) is 39.5 Å².